The molecule has 1 amide bonds. The summed E-state index contributed by atoms with van der Waals surface area (Å²) < 4.78 is 0. The van der Waals surface area contributed by atoms with Crippen molar-refractivity contribution in [3.8, 4) is 0 Å². The fourth-order valence-electron chi connectivity index (χ4n) is 2.70. The number of likely N-dealkylation sites (tertiary alicyclic amines) is 1. The van der Waals surface area contributed by atoms with E-state index in [2.05, 4.69) is 0 Å². The predicted octanol–water partition coefficient (Wildman–Crippen LogP) is 2.64. The maximum Gasteiger partial charge on any atom is 0.320 e. The van der Waals surface area contributed by atoms with Gasteiger partial charge in [-0.1, -0.05) is 12.1 Å². The van der Waals surface area contributed by atoms with Crippen molar-refractivity contribution >= 4 is 24.3 Å². The lowest BCUT2D eigenvalue weighted by Crippen LogP contribution is -2.36. The Hall–Kier alpha value is -1.59. The maximum atomic E-state index is 12.5. The van der Waals surface area contributed by atoms with Crippen molar-refractivity contribution in [1.82, 2.24) is 9.80 Å². The third kappa shape index (κ3) is 5.22. The third-order valence-corrected chi connectivity index (χ3v) is 4.27. The van der Waals surface area contributed by atoms with Crippen LogP contribution in [-0.2, 0) is 11.3 Å². The fourth-order valence-corrected chi connectivity index (χ4v) is 2.70. The van der Waals surface area contributed by atoms with E-state index in [4.69, 9.17) is 5.11 Å². The summed E-state index contributed by atoms with van der Waals surface area (Å²) in [7, 11) is 1.78. The molecule has 1 saturated heterocycles. The molecule has 1 aromatic carbocycles. The molecule has 1 aromatic rings. The molecule has 0 aromatic heterocycles. The van der Waals surface area contributed by atoms with Crippen molar-refractivity contribution in [3.05, 3.63) is 35.4 Å². The van der Waals surface area contributed by atoms with Gasteiger partial charge < -0.3 is 10.0 Å². The summed E-state index contributed by atoms with van der Waals surface area (Å²) in [6.45, 7) is 3.83. The number of rotatable bonds is 5. The molecule has 1 fully saturated rings. The van der Waals surface area contributed by atoms with Gasteiger partial charge in [0.1, 0.15) is 6.04 Å². The van der Waals surface area contributed by atoms with E-state index < -0.39 is 12.0 Å². The molecule has 0 saturated carbocycles. The summed E-state index contributed by atoms with van der Waals surface area (Å²) >= 11 is 0. The number of hydrogen-bond acceptors (Lipinski definition) is 3. The zero-order valence-corrected chi connectivity index (χ0v) is 14.5. The van der Waals surface area contributed by atoms with E-state index in [1.54, 1.807) is 18.9 Å². The zero-order chi connectivity index (χ0) is 16.1. The number of carbonyl (C=O) groups excluding carboxylic acids is 1. The first-order valence-corrected chi connectivity index (χ1v) is 7.80. The largest absolute Gasteiger partial charge is 0.480 e. The lowest BCUT2D eigenvalue weighted by Gasteiger charge is -2.27. The minimum Gasteiger partial charge on any atom is -0.480 e. The molecular weight excluding hydrogens is 316 g/mol. The van der Waals surface area contributed by atoms with Crippen molar-refractivity contribution < 1.29 is 14.7 Å². The van der Waals surface area contributed by atoms with Crippen molar-refractivity contribution in [1.29, 1.82) is 0 Å². The molecule has 0 aliphatic carbocycles. The number of halogens is 1. The van der Waals surface area contributed by atoms with Gasteiger partial charge in [-0.3, -0.25) is 14.5 Å². The van der Waals surface area contributed by atoms with Crippen molar-refractivity contribution in [2.24, 2.45) is 0 Å². The number of carboxylic acid groups (broad SMARTS) is 1. The van der Waals surface area contributed by atoms with Crippen LogP contribution < -0.4 is 0 Å². The first kappa shape index (κ1) is 19.5. The Morgan fingerprint density at radius 2 is 1.91 bits per heavy atom. The molecule has 1 heterocycles. The number of hydrogen-bond donors (Lipinski definition) is 1. The Bertz CT molecular complexity index is 544. The molecule has 23 heavy (non-hydrogen) atoms. The van der Waals surface area contributed by atoms with E-state index in [1.165, 1.54) is 6.42 Å². The Morgan fingerprint density at radius 3 is 2.52 bits per heavy atom. The van der Waals surface area contributed by atoms with Gasteiger partial charge in [0, 0.05) is 25.2 Å². The molecular formula is C17H25ClN2O3. The third-order valence-electron chi connectivity index (χ3n) is 4.27. The van der Waals surface area contributed by atoms with Crippen molar-refractivity contribution in [2.45, 2.75) is 38.8 Å². The second kappa shape index (κ2) is 8.89. The number of benzene rings is 1. The van der Waals surface area contributed by atoms with Crippen LogP contribution in [0.4, 0.5) is 0 Å². The minimum absolute atomic E-state index is 0. The van der Waals surface area contributed by atoms with E-state index in [0.29, 0.717) is 12.1 Å². The van der Waals surface area contributed by atoms with Gasteiger partial charge in [-0.15, -0.1) is 12.4 Å². The molecule has 1 atom stereocenters. The maximum absolute atomic E-state index is 12.5. The highest BCUT2D eigenvalue weighted by molar-refractivity contribution is 5.94. The van der Waals surface area contributed by atoms with Crippen LogP contribution in [0.15, 0.2) is 24.3 Å². The molecule has 128 valence electrons. The zero-order valence-electron chi connectivity index (χ0n) is 13.7. The minimum atomic E-state index is -0.844. The van der Waals surface area contributed by atoms with Crippen LogP contribution in [0, 0.1) is 0 Å². The van der Waals surface area contributed by atoms with Crippen LogP contribution in [0.3, 0.4) is 0 Å². The topological polar surface area (TPSA) is 60.9 Å². The van der Waals surface area contributed by atoms with Crippen LogP contribution in [0.5, 0.6) is 0 Å². The molecule has 1 unspecified atom stereocenters. The number of carbonyl (C=O) groups is 2. The molecule has 1 aliphatic heterocycles. The second-order valence-electron chi connectivity index (χ2n) is 5.98. The SMILES string of the molecule is CC(C(=O)O)N(C)Cc1cccc(C(=O)N2CCCCC2)c1.Cl. The van der Waals surface area contributed by atoms with E-state index >= 15 is 0 Å². The van der Waals surface area contributed by atoms with Gasteiger partial charge >= 0.3 is 5.97 Å². The Kier molecular flexibility index (Phi) is 7.52. The Labute approximate surface area is 143 Å². The average Bonchev–Trinajstić information content (AvgIpc) is 2.54. The first-order valence-electron chi connectivity index (χ1n) is 7.80. The molecule has 0 radical (unpaired) electrons. The summed E-state index contributed by atoms with van der Waals surface area (Å²) in [5, 5.41) is 9.04. The van der Waals surface area contributed by atoms with Crippen LogP contribution in [-0.4, -0.2) is 53.0 Å². The molecule has 5 nitrogen and oxygen atoms in total. The number of nitrogens with zero attached hydrogens (tertiary/aromatic N) is 2. The molecule has 0 spiro atoms. The van der Waals surface area contributed by atoms with E-state index in [9.17, 15) is 9.59 Å². The lowest BCUT2D eigenvalue weighted by molar-refractivity contribution is -0.142. The standard InChI is InChI=1S/C17H24N2O3.ClH/c1-13(17(21)22)18(2)12-14-7-6-8-15(11-14)16(20)19-9-4-3-5-10-19;/h6-8,11,13H,3-5,9-10,12H2,1-2H3,(H,21,22);1H. The fraction of sp³-hybridized carbons (Fsp3) is 0.529. The quantitative estimate of drug-likeness (QED) is 0.895. The Balaban J connectivity index is 0.00000264. The lowest BCUT2D eigenvalue weighted by atomic mass is 10.1. The van der Waals surface area contributed by atoms with Crippen molar-refractivity contribution in [2.75, 3.05) is 20.1 Å². The molecule has 1 N–H and O–H groups in total. The van der Waals surface area contributed by atoms with E-state index in [1.807, 2.05) is 29.2 Å². The van der Waals surface area contributed by atoms with Gasteiger partial charge in [-0.25, -0.2) is 0 Å². The molecule has 2 rings (SSSR count). The summed E-state index contributed by atoms with van der Waals surface area (Å²) in [6, 6.07) is 6.95. The highest BCUT2D eigenvalue weighted by atomic mass is 35.5. The van der Waals surface area contributed by atoms with Gasteiger partial charge in [-0.05, 0) is 50.9 Å². The van der Waals surface area contributed by atoms with Crippen molar-refractivity contribution in [3.63, 3.8) is 0 Å². The van der Waals surface area contributed by atoms with Gasteiger partial charge in [-0.2, -0.15) is 0 Å². The summed E-state index contributed by atoms with van der Waals surface area (Å²) in [6.07, 6.45) is 3.34. The number of likely N-dealkylation sites (N-methyl/N-ethyl adjacent to an activating group) is 1. The van der Waals surface area contributed by atoms with Gasteiger partial charge in [0.2, 0.25) is 0 Å². The van der Waals surface area contributed by atoms with Gasteiger partial charge in [0.15, 0.2) is 0 Å². The monoisotopic (exact) mass is 340 g/mol. The van der Waals surface area contributed by atoms with Gasteiger partial charge in [0.25, 0.3) is 5.91 Å². The summed E-state index contributed by atoms with van der Waals surface area (Å²) in [5.41, 5.74) is 1.65. The van der Waals surface area contributed by atoms with Crippen LogP contribution >= 0.6 is 12.4 Å². The highest BCUT2D eigenvalue weighted by Crippen LogP contribution is 2.15. The summed E-state index contributed by atoms with van der Waals surface area (Å²) in [5.74, 6) is -0.765. The van der Waals surface area contributed by atoms with Crippen LogP contribution in [0.2, 0.25) is 0 Å². The second-order valence-corrected chi connectivity index (χ2v) is 5.98. The number of aliphatic carboxylic acids is 1. The Morgan fingerprint density at radius 1 is 1.26 bits per heavy atom. The van der Waals surface area contributed by atoms with Crippen LogP contribution in [0.1, 0.15) is 42.1 Å². The predicted molar refractivity (Wildman–Crippen MR) is 92.0 cm³/mol. The number of carboxylic acids is 1. The number of amides is 1. The number of piperidine rings is 1. The average molecular weight is 341 g/mol. The summed E-state index contributed by atoms with van der Waals surface area (Å²) in [4.78, 5) is 27.2. The normalized spacial score (nSPS) is 15.9. The molecule has 6 heteroatoms. The molecule has 0 bridgehead atoms. The van der Waals surface area contributed by atoms with E-state index in [-0.39, 0.29) is 18.3 Å². The smallest absolute Gasteiger partial charge is 0.320 e. The highest BCUT2D eigenvalue weighted by Gasteiger charge is 2.20. The molecule has 1 aliphatic rings. The first-order chi connectivity index (χ1) is 10.5. The van der Waals surface area contributed by atoms with Crippen LogP contribution in [0.25, 0.3) is 0 Å². The van der Waals surface area contributed by atoms with E-state index in [0.717, 1.165) is 31.5 Å². The van der Waals surface area contributed by atoms with Gasteiger partial charge in [0.05, 0.1) is 0 Å².